The van der Waals surface area contributed by atoms with Crippen molar-refractivity contribution in [1.29, 1.82) is 0 Å². The van der Waals surface area contributed by atoms with Gasteiger partial charge in [-0.15, -0.1) is 0 Å². The zero-order valence-electron chi connectivity index (χ0n) is 13.6. The number of para-hydroxylation sites is 2. The van der Waals surface area contributed by atoms with E-state index in [1.165, 1.54) is 6.33 Å². The first-order chi connectivity index (χ1) is 11.6. The van der Waals surface area contributed by atoms with Crippen molar-refractivity contribution in [2.75, 3.05) is 11.4 Å². The summed E-state index contributed by atoms with van der Waals surface area (Å²) < 4.78 is 3.81. The molecular formula is C16H18N6O2. The standard InChI is InChI=1S/C16H18N6O2/c1-19-10-17-15(22(23)24)16(19)21-9-5-8-13(21)14-18-11-6-3-4-7-12(11)20(14)2/h3-4,6-7,10,13H,5,8-9H2,1-2H3/t13-/m0/s1. The molecule has 0 bridgehead atoms. The highest BCUT2D eigenvalue weighted by molar-refractivity contribution is 5.76. The Kier molecular flexibility index (Phi) is 3.26. The Hall–Kier alpha value is -2.90. The van der Waals surface area contributed by atoms with Gasteiger partial charge in [-0.3, -0.25) is 4.57 Å². The summed E-state index contributed by atoms with van der Waals surface area (Å²) >= 11 is 0. The van der Waals surface area contributed by atoms with Crippen molar-refractivity contribution in [2.24, 2.45) is 14.1 Å². The van der Waals surface area contributed by atoms with Gasteiger partial charge in [0.15, 0.2) is 0 Å². The fourth-order valence-electron chi connectivity index (χ4n) is 3.62. The Morgan fingerprint density at radius 3 is 2.83 bits per heavy atom. The molecule has 1 aliphatic rings. The maximum atomic E-state index is 11.3. The normalized spacial score (nSPS) is 17.8. The third-order valence-corrected chi connectivity index (χ3v) is 4.70. The van der Waals surface area contributed by atoms with E-state index in [-0.39, 0.29) is 11.9 Å². The summed E-state index contributed by atoms with van der Waals surface area (Å²) in [6.07, 6.45) is 3.38. The molecule has 1 saturated heterocycles. The largest absolute Gasteiger partial charge is 0.406 e. The van der Waals surface area contributed by atoms with Crippen LogP contribution in [-0.4, -0.2) is 30.6 Å². The van der Waals surface area contributed by atoms with Gasteiger partial charge < -0.3 is 19.6 Å². The van der Waals surface area contributed by atoms with E-state index in [9.17, 15) is 10.1 Å². The van der Waals surface area contributed by atoms with Crippen LogP contribution in [0.3, 0.4) is 0 Å². The molecule has 4 rings (SSSR count). The molecule has 0 spiro atoms. The van der Waals surface area contributed by atoms with Gasteiger partial charge in [-0.2, -0.15) is 0 Å². The van der Waals surface area contributed by atoms with E-state index in [1.54, 1.807) is 11.6 Å². The smallest absolute Gasteiger partial charge is 0.358 e. The predicted molar refractivity (Wildman–Crippen MR) is 89.9 cm³/mol. The molecule has 8 nitrogen and oxygen atoms in total. The summed E-state index contributed by atoms with van der Waals surface area (Å²) in [7, 11) is 3.79. The van der Waals surface area contributed by atoms with Gasteiger partial charge in [0.2, 0.25) is 12.1 Å². The number of hydrogen-bond acceptors (Lipinski definition) is 5. The number of nitro groups is 1. The summed E-state index contributed by atoms with van der Waals surface area (Å²) in [5.41, 5.74) is 2.01. The van der Waals surface area contributed by atoms with Crippen LogP contribution in [0.1, 0.15) is 24.7 Å². The zero-order valence-corrected chi connectivity index (χ0v) is 13.6. The van der Waals surface area contributed by atoms with Crippen molar-refractivity contribution in [3.8, 4) is 0 Å². The van der Waals surface area contributed by atoms with Crippen LogP contribution in [0.2, 0.25) is 0 Å². The van der Waals surface area contributed by atoms with E-state index in [0.29, 0.717) is 5.82 Å². The average Bonchev–Trinajstić information content (AvgIpc) is 3.25. The van der Waals surface area contributed by atoms with Gasteiger partial charge in [0.05, 0.1) is 17.1 Å². The minimum atomic E-state index is -0.417. The second kappa shape index (κ2) is 5.33. The Bertz CT molecular complexity index is 928. The number of anilines is 1. The van der Waals surface area contributed by atoms with Crippen LogP contribution >= 0.6 is 0 Å². The number of hydrogen-bond donors (Lipinski definition) is 0. The lowest BCUT2D eigenvalue weighted by Gasteiger charge is -2.25. The van der Waals surface area contributed by atoms with Crippen molar-refractivity contribution in [3.63, 3.8) is 0 Å². The molecule has 1 fully saturated rings. The molecule has 2 aromatic heterocycles. The highest BCUT2D eigenvalue weighted by Gasteiger charge is 2.36. The average molecular weight is 326 g/mol. The SMILES string of the molecule is Cn1cnc([N+](=O)[O-])c1N1CCC[C@H]1c1nc2ccccc2n1C. The monoisotopic (exact) mass is 326 g/mol. The van der Waals surface area contributed by atoms with E-state index in [0.717, 1.165) is 36.2 Å². The van der Waals surface area contributed by atoms with Crippen molar-refractivity contribution in [3.05, 3.63) is 46.5 Å². The molecule has 0 aliphatic carbocycles. The van der Waals surface area contributed by atoms with Crippen LogP contribution in [-0.2, 0) is 14.1 Å². The number of nitrogens with zero attached hydrogens (tertiary/aromatic N) is 6. The quantitative estimate of drug-likeness (QED) is 0.546. The molecule has 1 aromatic carbocycles. The number of rotatable bonds is 3. The van der Waals surface area contributed by atoms with Crippen molar-refractivity contribution in [1.82, 2.24) is 19.1 Å². The lowest BCUT2D eigenvalue weighted by molar-refractivity contribution is -0.388. The summed E-state index contributed by atoms with van der Waals surface area (Å²) in [5, 5.41) is 11.3. The summed E-state index contributed by atoms with van der Waals surface area (Å²) in [6, 6.07) is 8.00. The molecule has 0 saturated carbocycles. The van der Waals surface area contributed by atoms with Crippen molar-refractivity contribution >= 4 is 22.7 Å². The van der Waals surface area contributed by atoms with E-state index in [2.05, 4.69) is 14.5 Å². The molecule has 0 unspecified atom stereocenters. The summed E-state index contributed by atoms with van der Waals surface area (Å²) in [6.45, 7) is 0.758. The molecule has 1 aliphatic heterocycles. The van der Waals surface area contributed by atoms with Gasteiger partial charge in [0.1, 0.15) is 5.82 Å². The molecule has 3 aromatic rings. The van der Waals surface area contributed by atoms with Crippen molar-refractivity contribution < 1.29 is 4.92 Å². The lowest BCUT2D eigenvalue weighted by Crippen LogP contribution is -2.27. The molecule has 124 valence electrons. The van der Waals surface area contributed by atoms with Crippen LogP contribution in [0, 0.1) is 10.1 Å². The van der Waals surface area contributed by atoms with Gasteiger partial charge >= 0.3 is 5.82 Å². The first kappa shape index (κ1) is 14.7. The molecule has 3 heterocycles. The predicted octanol–water partition coefficient (Wildman–Crippen LogP) is 2.56. The van der Waals surface area contributed by atoms with Crippen LogP contribution in [0.5, 0.6) is 0 Å². The summed E-state index contributed by atoms with van der Waals surface area (Å²) in [5.74, 6) is 1.39. The maximum absolute atomic E-state index is 11.3. The number of benzene rings is 1. The van der Waals surface area contributed by atoms with Crippen LogP contribution in [0.25, 0.3) is 11.0 Å². The highest BCUT2D eigenvalue weighted by Crippen LogP contribution is 2.39. The van der Waals surface area contributed by atoms with Gasteiger partial charge in [-0.25, -0.2) is 4.98 Å². The first-order valence-electron chi connectivity index (χ1n) is 7.91. The third kappa shape index (κ3) is 2.06. The van der Waals surface area contributed by atoms with Gasteiger partial charge in [-0.1, -0.05) is 12.1 Å². The fraction of sp³-hybridized carbons (Fsp3) is 0.375. The second-order valence-electron chi connectivity index (χ2n) is 6.13. The van der Waals surface area contributed by atoms with E-state index < -0.39 is 4.92 Å². The van der Waals surface area contributed by atoms with Crippen LogP contribution < -0.4 is 4.90 Å². The van der Waals surface area contributed by atoms with Crippen LogP contribution in [0.4, 0.5) is 11.6 Å². The third-order valence-electron chi connectivity index (χ3n) is 4.70. The van der Waals surface area contributed by atoms with Gasteiger partial charge in [0.25, 0.3) is 0 Å². The fourth-order valence-corrected chi connectivity index (χ4v) is 3.62. The molecule has 0 radical (unpaired) electrons. The van der Waals surface area contributed by atoms with E-state index in [4.69, 9.17) is 4.98 Å². The number of aryl methyl sites for hydroxylation is 2. The van der Waals surface area contributed by atoms with Crippen molar-refractivity contribution in [2.45, 2.75) is 18.9 Å². The van der Waals surface area contributed by atoms with E-state index in [1.807, 2.05) is 31.3 Å². The first-order valence-corrected chi connectivity index (χ1v) is 7.91. The minimum Gasteiger partial charge on any atom is -0.358 e. The molecule has 1 atom stereocenters. The molecule has 24 heavy (non-hydrogen) atoms. The number of fused-ring (bicyclic) bond motifs is 1. The highest BCUT2D eigenvalue weighted by atomic mass is 16.6. The molecule has 0 N–H and O–H groups in total. The Balaban J connectivity index is 1.82. The Labute approximate surface area is 138 Å². The maximum Gasteiger partial charge on any atom is 0.406 e. The van der Waals surface area contributed by atoms with Crippen LogP contribution in [0.15, 0.2) is 30.6 Å². The molecular weight excluding hydrogens is 308 g/mol. The lowest BCUT2D eigenvalue weighted by atomic mass is 10.2. The Morgan fingerprint density at radius 2 is 2.08 bits per heavy atom. The zero-order chi connectivity index (χ0) is 16.8. The Morgan fingerprint density at radius 1 is 1.29 bits per heavy atom. The van der Waals surface area contributed by atoms with Gasteiger partial charge in [-0.05, 0) is 34.9 Å². The second-order valence-corrected chi connectivity index (χ2v) is 6.13. The van der Waals surface area contributed by atoms with Gasteiger partial charge in [0, 0.05) is 20.6 Å². The minimum absolute atomic E-state index is 0.0106. The number of imidazole rings is 2. The number of aromatic nitrogens is 4. The topological polar surface area (TPSA) is 82.0 Å². The summed E-state index contributed by atoms with van der Waals surface area (Å²) in [4.78, 5) is 21.7. The molecule has 0 amide bonds. The molecule has 8 heteroatoms. The van der Waals surface area contributed by atoms with E-state index >= 15 is 0 Å².